The number of hydrogen-bond donors (Lipinski definition) is 0. The molecule has 0 N–H and O–H groups in total. The summed E-state index contributed by atoms with van der Waals surface area (Å²) in [6.07, 6.45) is -1.17. The van der Waals surface area contributed by atoms with E-state index in [2.05, 4.69) is 0 Å². The fraction of sp³-hybridized carbons (Fsp3) is 0.714. The van der Waals surface area contributed by atoms with Crippen molar-refractivity contribution in [3.63, 3.8) is 0 Å². The van der Waals surface area contributed by atoms with E-state index in [4.69, 9.17) is 18.4 Å². The van der Waals surface area contributed by atoms with E-state index in [0.717, 1.165) is 0 Å². The summed E-state index contributed by atoms with van der Waals surface area (Å²) in [4.78, 5) is 73.4. The summed E-state index contributed by atoms with van der Waals surface area (Å²) in [5.74, 6) is -5.19. The molecule has 200 valence electrons. The van der Waals surface area contributed by atoms with Crippen LogP contribution in [0.1, 0.15) is 87.5 Å². The molecule has 0 radical (unpaired) electrons. The number of carbonyl (C=O) groups excluding carboxylic acids is 6. The Bertz CT molecular complexity index is 693. The number of rotatable bonds is 14. The second-order valence-electron chi connectivity index (χ2n) is 7.95. The zero-order valence-corrected chi connectivity index (χ0v) is 27.3. The van der Waals surface area contributed by atoms with Crippen LogP contribution in [0.4, 0.5) is 0 Å². The summed E-state index contributed by atoms with van der Waals surface area (Å²) < 4.78 is 30.9. The van der Waals surface area contributed by atoms with Gasteiger partial charge in [0.25, 0.3) is 0 Å². The van der Waals surface area contributed by atoms with Gasteiger partial charge in [-0.1, -0.05) is 0 Å². The van der Waals surface area contributed by atoms with Crippen molar-refractivity contribution in [2.75, 3.05) is 0 Å². The topological polar surface area (TPSA) is 158 Å². The van der Waals surface area contributed by atoms with Crippen LogP contribution in [-0.2, 0) is 47.2 Å². The quantitative estimate of drug-likeness (QED) is 0.191. The Hall–Kier alpha value is -1.58. The minimum absolute atomic E-state index is 0.0500. The molecule has 0 amide bonds. The summed E-state index contributed by atoms with van der Waals surface area (Å²) in [6, 6.07) is 0. The van der Waals surface area contributed by atoms with Gasteiger partial charge in [0.15, 0.2) is 0 Å². The van der Waals surface area contributed by atoms with Crippen molar-refractivity contribution in [1.29, 1.82) is 0 Å². The van der Waals surface area contributed by atoms with E-state index in [0.29, 0.717) is 0 Å². The fourth-order valence-corrected chi connectivity index (χ4v) is 14.5. The van der Waals surface area contributed by atoms with Crippen LogP contribution in [-0.4, -0.2) is 75.1 Å². The summed E-state index contributed by atoms with van der Waals surface area (Å²) >= 11 is -10.3. The number of carbonyl (C=O) groups is 6. The van der Waals surface area contributed by atoms with Crippen molar-refractivity contribution in [2.24, 2.45) is 0 Å². The summed E-state index contributed by atoms with van der Waals surface area (Å²) in [5, 5.41) is 0. The monoisotopic (exact) mass is 720 g/mol. The van der Waals surface area contributed by atoms with Crippen molar-refractivity contribution >= 4 is 75.1 Å². The van der Waals surface area contributed by atoms with E-state index >= 15 is 0 Å². The van der Waals surface area contributed by atoms with E-state index in [1.807, 2.05) is 0 Å². The van der Waals surface area contributed by atoms with Crippen molar-refractivity contribution in [3.05, 3.63) is 0 Å². The van der Waals surface area contributed by atoms with Crippen molar-refractivity contribution in [1.82, 2.24) is 0 Å². The maximum atomic E-state index is 12.7. The number of hydrogen-bond acceptors (Lipinski definition) is 12. The second-order valence-corrected chi connectivity index (χ2v) is 24.9. The molecular weight excluding hydrogens is 682 g/mol. The molecule has 12 nitrogen and oxygen atoms in total. The molecule has 0 aliphatic rings. The molecule has 0 aromatic heterocycles. The molecule has 0 atom stereocenters. The van der Waals surface area contributed by atoms with Crippen molar-refractivity contribution in [3.8, 4) is 0 Å². The Labute approximate surface area is 216 Å². The molecule has 14 heteroatoms. The first-order valence-corrected chi connectivity index (χ1v) is 21.8. The van der Waals surface area contributed by atoms with Gasteiger partial charge in [-0.05, 0) is 0 Å². The predicted octanol–water partition coefficient (Wildman–Crippen LogP) is 2.97. The van der Waals surface area contributed by atoms with Gasteiger partial charge < -0.3 is 0 Å². The third-order valence-corrected chi connectivity index (χ3v) is 21.2. The standard InChI is InChI=1S/C3H4O4.4C3H6O2.2C3H7.2Sn/c4-2(5)1-3(6)7;4*1-2-3(4)5;2*1-3-2;;/h1H2,(H,4,5)(H,6,7);4*2H2,1H3,(H,4,5);2*3H,1-2H3;;/q;;;;;;;2*+3/p-6. The van der Waals surface area contributed by atoms with Crippen LogP contribution in [0.2, 0.25) is 7.87 Å². The molecule has 0 saturated carbocycles. The van der Waals surface area contributed by atoms with Gasteiger partial charge in [0.05, 0.1) is 0 Å². The molecule has 0 heterocycles. The Morgan fingerprint density at radius 3 is 0.829 bits per heavy atom. The van der Waals surface area contributed by atoms with E-state index in [9.17, 15) is 28.8 Å². The SMILES string of the molecule is CCC(=O)[O][Sn]([O]C(=O)CC)([O]C(=O)CC(=O)[O][Sn]([O]C(=O)CC)([O]C(=O)CC)[CH](C)C)[CH](C)C. The van der Waals surface area contributed by atoms with Crippen LogP contribution in [0, 0.1) is 0 Å². The van der Waals surface area contributed by atoms with E-state index < -0.39 is 89.3 Å². The first-order chi connectivity index (χ1) is 16.2. The van der Waals surface area contributed by atoms with Gasteiger partial charge in [0, 0.05) is 0 Å². The van der Waals surface area contributed by atoms with Crippen LogP contribution in [0.25, 0.3) is 0 Å². The Morgan fingerprint density at radius 1 is 0.457 bits per heavy atom. The average Bonchev–Trinajstić information content (AvgIpc) is 2.77. The van der Waals surface area contributed by atoms with E-state index in [-0.39, 0.29) is 25.7 Å². The molecule has 0 aliphatic carbocycles. The molecule has 0 aliphatic heterocycles. The van der Waals surface area contributed by atoms with Crippen LogP contribution in [0.15, 0.2) is 0 Å². The van der Waals surface area contributed by atoms with Gasteiger partial charge in [0.1, 0.15) is 0 Å². The molecule has 0 fully saturated rings. The van der Waals surface area contributed by atoms with Gasteiger partial charge in [0.2, 0.25) is 0 Å². The Morgan fingerprint density at radius 2 is 0.657 bits per heavy atom. The predicted molar refractivity (Wildman–Crippen MR) is 124 cm³/mol. The van der Waals surface area contributed by atoms with Gasteiger partial charge in [-0.3, -0.25) is 0 Å². The van der Waals surface area contributed by atoms with Gasteiger partial charge in [-0.2, -0.15) is 0 Å². The van der Waals surface area contributed by atoms with Crippen LogP contribution >= 0.6 is 0 Å². The first-order valence-electron chi connectivity index (χ1n) is 11.5. The molecule has 0 spiro atoms. The molecule has 0 aromatic carbocycles. The minimum atomic E-state index is -5.16. The molecule has 0 saturated heterocycles. The molecule has 0 bridgehead atoms. The molecule has 35 heavy (non-hydrogen) atoms. The molecule has 0 rings (SSSR count). The van der Waals surface area contributed by atoms with Crippen molar-refractivity contribution < 1.29 is 47.2 Å². The van der Waals surface area contributed by atoms with Crippen LogP contribution in [0.5, 0.6) is 0 Å². The molecule has 0 unspecified atom stereocenters. The van der Waals surface area contributed by atoms with Crippen molar-refractivity contribution in [2.45, 2.75) is 95.4 Å². The third-order valence-electron chi connectivity index (χ3n) is 4.39. The van der Waals surface area contributed by atoms with Gasteiger partial charge >= 0.3 is 218 Å². The van der Waals surface area contributed by atoms with Crippen LogP contribution in [0.3, 0.4) is 0 Å². The first kappa shape index (κ1) is 33.4. The average molecular weight is 718 g/mol. The molecule has 0 aromatic rings. The summed E-state index contributed by atoms with van der Waals surface area (Å²) in [5.41, 5.74) is 0. The Balaban J connectivity index is 5.87. The fourth-order valence-electron chi connectivity index (χ4n) is 2.26. The Kier molecular flexibility index (Phi) is 14.8. The summed E-state index contributed by atoms with van der Waals surface area (Å²) in [6.45, 7) is 12.4. The van der Waals surface area contributed by atoms with E-state index in [1.165, 1.54) is 27.7 Å². The normalized spacial score (nSPS) is 11.5. The van der Waals surface area contributed by atoms with Gasteiger partial charge in [-0.15, -0.1) is 0 Å². The maximum absolute atomic E-state index is 12.7. The zero-order valence-electron chi connectivity index (χ0n) is 21.6. The molecular formula is C21H36O12Sn2. The zero-order chi connectivity index (χ0) is 27.4. The van der Waals surface area contributed by atoms with Crippen LogP contribution < -0.4 is 0 Å². The van der Waals surface area contributed by atoms with E-state index in [1.54, 1.807) is 27.7 Å². The summed E-state index contributed by atoms with van der Waals surface area (Å²) in [7, 11) is 0. The third kappa shape index (κ3) is 10.9. The second kappa shape index (κ2) is 15.5. The van der Waals surface area contributed by atoms with Gasteiger partial charge in [-0.25, -0.2) is 0 Å².